The number of pyridine rings is 1. The monoisotopic (exact) mass is 326 g/mol. The normalized spacial score (nSPS) is 20.6. The van der Waals surface area contributed by atoms with E-state index in [1.54, 1.807) is 19.3 Å². The number of hydrogen-bond donors (Lipinski definition) is 1. The summed E-state index contributed by atoms with van der Waals surface area (Å²) in [5.41, 5.74) is 2.44. The largest absolute Gasteiger partial charge is 0.371 e. The lowest BCUT2D eigenvalue weighted by Gasteiger charge is -2.32. The number of aryl methyl sites for hydroxylation is 2. The molecule has 0 bridgehead atoms. The summed E-state index contributed by atoms with van der Waals surface area (Å²) < 4.78 is 7.36. The Hall–Kier alpha value is -2.40. The second-order valence-corrected chi connectivity index (χ2v) is 6.29. The Morgan fingerprint density at radius 2 is 2.00 bits per heavy atom. The molecule has 1 aromatic heterocycles. The third-order valence-corrected chi connectivity index (χ3v) is 4.41. The number of benzene rings is 1. The fourth-order valence-corrected chi connectivity index (χ4v) is 2.96. The average Bonchev–Trinajstić information content (AvgIpc) is 2.58. The highest BCUT2D eigenvalue weighted by Crippen LogP contribution is 2.28. The van der Waals surface area contributed by atoms with E-state index < -0.39 is 0 Å². The average molecular weight is 326 g/mol. The van der Waals surface area contributed by atoms with Crippen LogP contribution in [0.4, 0.5) is 0 Å². The van der Waals surface area contributed by atoms with Gasteiger partial charge in [0.1, 0.15) is 6.10 Å². The van der Waals surface area contributed by atoms with E-state index in [-0.39, 0.29) is 23.6 Å². The van der Waals surface area contributed by atoms with Gasteiger partial charge in [0.15, 0.2) is 0 Å². The Morgan fingerprint density at radius 1 is 1.25 bits per heavy atom. The van der Waals surface area contributed by atoms with Crippen LogP contribution >= 0.6 is 0 Å². The maximum Gasteiger partial charge on any atom is 0.251 e. The number of amides is 1. The molecule has 1 N–H and O–H groups in total. The number of nitrogens with one attached hydrogen (secondary N) is 1. The zero-order chi connectivity index (χ0) is 17.1. The van der Waals surface area contributed by atoms with E-state index in [0.717, 1.165) is 18.4 Å². The van der Waals surface area contributed by atoms with E-state index in [0.29, 0.717) is 12.2 Å². The van der Waals surface area contributed by atoms with Crippen molar-refractivity contribution >= 4 is 5.91 Å². The molecule has 0 radical (unpaired) electrons. The predicted molar refractivity (Wildman–Crippen MR) is 92.0 cm³/mol. The smallest absolute Gasteiger partial charge is 0.251 e. The van der Waals surface area contributed by atoms with Gasteiger partial charge in [-0.1, -0.05) is 29.8 Å². The fraction of sp³-hybridized carbons (Fsp3) is 0.368. The predicted octanol–water partition coefficient (Wildman–Crippen LogP) is 2.34. The van der Waals surface area contributed by atoms with Gasteiger partial charge in [-0.2, -0.15) is 0 Å². The van der Waals surface area contributed by atoms with Crippen LogP contribution in [0, 0.1) is 6.92 Å². The number of hydrogen-bond acceptors (Lipinski definition) is 3. The molecular formula is C19H22N2O3. The summed E-state index contributed by atoms with van der Waals surface area (Å²) in [6, 6.07) is 11.1. The molecule has 3 rings (SSSR count). The van der Waals surface area contributed by atoms with Crippen molar-refractivity contribution in [2.24, 2.45) is 7.05 Å². The Kier molecular flexibility index (Phi) is 4.81. The summed E-state index contributed by atoms with van der Waals surface area (Å²) in [6.07, 6.45) is 3.21. The van der Waals surface area contributed by atoms with Crippen molar-refractivity contribution in [2.45, 2.75) is 31.9 Å². The minimum Gasteiger partial charge on any atom is -0.371 e. The Balaban J connectivity index is 1.78. The van der Waals surface area contributed by atoms with Gasteiger partial charge in [0.2, 0.25) is 0 Å². The van der Waals surface area contributed by atoms with Crippen molar-refractivity contribution in [3.8, 4) is 0 Å². The van der Waals surface area contributed by atoms with Crippen molar-refractivity contribution in [1.29, 1.82) is 0 Å². The molecule has 0 aliphatic carbocycles. The van der Waals surface area contributed by atoms with Crippen molar-refractivity contribution in [3.63, 3.8) is 0 Å². The van der Waals surface area contributed by atoms with Crippen LogP contribution in [0.2, 0.25) is 0 Å². The number of aromatic nitrogens is 1. The second-order valence-electron chi connectivity index (χ2n) is 6.29. The molecule has 2 atom stereocenters. The molecule has 126 valence electrons. The Bertz CT molecular complexity index is 780. The van der Waals surface area contributed by atoms with Crippen LogP contribution in [0.15, 0.2) is 47.4 Å². The summed E-state index contributed by atoms with van der Waals surface area (Å²) in [4.78, 5) is 24.2. The number of rotatable bonds is 3. The molecule has 1 fully saturated rings. The lowest BCUT2D eigenvalue weighted by atomic mass is 9.95. The van der Waals surface area contributed by atoms with Crippen LogP contribution in [-0.2, 0) is 11.8 Å². The first kappa shape index (κ1) is 16.5. The number of ether oxygens (including phenoxy) is 1. The van der Waals surface area contributed by atoms with Gasteiger partial charge in [-0.05, 0) is 31.4 Å². The van der Waals surface area contributed by atoms with Crippen LogP contribution in [0.5, 0.6) is 0 Å². The fourth-order valence-electron chi connectivity index (χ4n) is 2.96. The molecule has 0 saturated carbocycles. The SMILES string of the molecule is Cc1ccc([C@@H]2OCCC[C@@H]2NC(=O)c2ccn(C)c(=O)c2)cc1. The van der Waals surface area contributed by atoms with Crippen LogP contribution < -0.4 is 10.9 Å². The first-order valence-electron chi connectivity index (χ1n) is 8.20. The molecule has 0 spiro atoms. The third-order valence-electron chi connectivity index (χ3n) is 4.41. The van der Waals surface area contributed by atoms with E-state index in [2.05, 4.69) is 5.32 Å². The molecule has 1 aliphatic rings. The summed E-state index contributed by atoms with van der Waals surface area (Å²) in [6.45, 7) is 2.73. The highest BCUT2D eigenvalue weighted by Gasteiger charge is 2.29. The van der Waals surface area contributed by atoms with Gasteiger partial charge >= 0.3 is 0 Å². The van der Waals surface area contributed by atoms with Crippen LogP contribution in [0.3, 0.4) is 0 Å². The second kappa shape index (κ2) is 7.01. The quantitative estimate of drug-likeness (QED) is 0.942. The minimum absolute atomic E-state index is 0.0991. The van der Waals surface area contributed by atoms with Crippen molar-refractivity contribution in [1.82, 2.24) is 9.88 Å². The summed E-state index contributed by atoms with van der Waals surface area (Å²) in [5.74, 6) is -0.236. The van der Waals surface area contributed by atoms with E-state index >= 15 is 0 Å². The molecule has 0 unspecified atom stereocenters. The summed E-state index contributed by atoms with van der Waals surface area (Å²) in [5, 5.41) is 3.03. The molecule has 2 heterocycles. The first-order valence-corrected chi connectivity index (χ1v) is 8.20. The highest BCUT2D eigenvalue weighted by molar-refractivity contribution is 5.94. The highest BCUT2D eigenvalue weighted by atomic mass is 16.5. The van der Waals surface area contributed by atoms with Crippen molar-refractivity contribution in [2.75, 3.05) is 6.61 Å². The zero-order valence-corrected chi connectivity index (χ0v) is 14.0. The molecule has 1 aliphatic heterocycles. The third kappa shape index (κ3) is 3.57. The van der Waals surface area contributed by atoms with Crippen molar-refractivity contribution < 1.29 is 9.53 Å². The molecule has 1 aromatic carbocycles. The van der Waals surface area contributed by atoms with Crippen molar-refractivity contribution in [3.05, 3.63) is 69.6 Å². The van der Waals surface area contributed by atoms with E-state index in [1.807, 2.05) is 31.2 Å². The van der Waals surface area contributed by atoms with Gasteiger partial charge in [-0.25, -0.2) is 0 Å². The standard InChI is InChI=1S/C19H22N2O3/c1-13-5-7-14(8-6-13)18-16(4-3-11-24-18)20-19(23)15-9-10-21(2)17(22)12-15/h5-10,12,16,18H,3-4,11H2,1-2H3,(H,20,23)/t16-,18-/m0/s1. The van der Waals surface area contributed by atoms with Gasteiger partial charge in [0.25, 0.3) is 11.5 Å². The summed E-state index contributed by atoms with van der Waals surface area (Å²) >= 11 is 0. The zero-order valence-electron chi connectivity index (χ0n) is 14.0. The Labute approximate surface area is 141 Å². The molecular weight excluding hydrogens is 304 g/mol. The lowest BCUT2D eigenvalue weighted by molar-refractivity contribution is -0.00946. The molecule has 1 amide bonds. The number of carbonyl (C=O) groups is 1. The van der Waals surface area contributed by atoms with Gasteiger partial charge in [-0.3, -0.25) is 9.59 Å². The van der Waals surface area contributed by atoms with Gasteiger partial charge in [-0.15, -0.1) is 0 Å². The minimum atomic E-state index is -0.236. The molecule has 2 aromatic rings. The Morgan fingerprint density at radius 3 is 2.71 bits per heavy atom. The maximum atomic E-state index is 12.5. The maximum absolute atomic E-state index is 12.5. The lowest BCUT2D eigenvalue weighted by Crippen LogP contribution is -2.43. The molecule has 5 nitrogen and oxygen atoms in total. The van der Waals surface area contributed by atoms with Crippen LogP contribution in [0.1, 0.15) is 40.4 Å². The summed E-state index contributed by atoms with van der Waals surface area (Å²) in [7, 11) is 1.66. The number of nitrogens with zero attached hydrogens (tertiary/aromatic N) is 1. The van der Waals surface area contributed by atoms with Gasteiger partial charge in [0, 0.05) is 31.5 Å². The number of carbonyl (C=O) groups excluding carboxylic acids is 1. The van der Waals surface area contributed by atoms with Gasteiger partial charge < -0.3 is 14.6 Å². The topological polar surface area (TPSA) is 60.3 Å². The van der Waals surface area contributed by atoms with E-state index in [9.17, 15) is 9.59 Å². The van der Waals surface area contributed by atoms with E-state index in [4.69, 9.17) is 4.74 Å². The van der Waals surface area contributed by atoms with Gasteiger partial charge in [0.05, 0.1) is 6.04 Å². The van der Waals surface area contributed by atoms with E-state index in [1.165, 1.54) is 16.2 Å². The van der Waals surface area contributed by atoms with Crippen LogP contribution in [0.25, 0.3) is 0 Å². The first-order chi connectivity index (χ1) is 11.5. The molecule has 5 heteroatoms. The molecule has 1 saturated heterocycles. The van der Waals surface area contributed by atoms with Crippen LogP contribution in [-0.4, -0.2) is 23.1 Å². The molecule has 24 heavy (non-hydrogen) atoms.